The van der Waals surface area contributed by atoms with E-state index in [-0.39, 0.29) is 5.91 Å². The van der Waals surface area contributed by atoms with E-state index in [0.29, 0.717) is 11.7 Å². The van der Waals surface area contributed by atoms with E-state index in [1.54, 1.807) is 6.92 Å². The molecule has 5 nitrogen and oxygen atoms in total. The number of amides is 1. The van der Waals surface area contributed by atoms with Gasteiger partial charge in [0.2, 0.25) is 11.8 Å². The van der Waals surface area contributed by atoms with E-state index in [2.05, 4.69) is 15.5 Å². The van der Waals surface area contributed by atoms with Gasteiger partial charge in [-0.25, -0.2) is 0 Å². The molecule has 1 aromatic rings. The molecule has 0 spiro atoms. The minimum atomic E-state index is -0.478. The van der Waals surface area contributed by atoms with Crippen molar-refractivity contribution >= 4 is 5.91 Å². The van der Waals surface area contributed by atoms with Crippen molar-refractivity contribution in [1.82, 2.24) is 15.5 Å². The second-order valence-corrected chi connectivity index (χ2v) is 5.88. The van der Waals surface area contributed by atoms with E-state index in [1.807, 2.05) is 19.9 Å². The van der Waals surface area contributed by atoms with Gasteiger partial charge in [-0.2, -0.15) is 4.98 Å². The molecular weight excluding hydrogens is 266 g/mol. The number of carbonyl (C=O) groups is 1. The van der Waals surface area contributed by atoms with Crippen molar-refractivity contribution in [2.45, 2.75) is 71.3 Å². The Kier molecular flexibility index (Phi) is 5.15. The predicted octanol–water partition coefficient (Wildman–Crippen LogP) is 3.40. The van der Waals surface area contributed by atoms with Crippen LogP contribution >= 0.6 is 0 Å². The largest absolute Gasteiger partial charge is 0.340 e. The van der Waals surface area contributed by atoms with E-state index in [1.165, 1.54) is 12.8 Å². The van der Waals surface area contributed by atoms with Crippen LogP contribution in [0.3, 0.4) is 0 Å². The molecule has 0 bridgehead atoms. The second-order valence-electron chi connectivity index (χ2n) is 5.88. The maximum Gasteiger partial charge on any atom is 0.247 e. The number of carbonyl (C=O) groups excluding carboxylic acids is 1. The molecular formula is C16H25N3O2. The van der Waals surface area contributed by atoms with Crippen LogP contribution in [0.5, 0.6) is 0 Å². The van der Waals surface area contributed by atoms with Crippen molar-refractivity contribution < 1.29 is 9.32 Å². The zero-order valence-corrected chi connectivity index (χ0v) is 13.2. The fourth-order valence-corrected chi connectivity index (χ4v) is 2.95. The smallest absolute Gasteiger partial charge is 0.247 e. The Bertz CT molecular complexity index is 511. The highest BCUT2D eigenvalue weighted by Crippen LogP contribution is 2.34. The van der Waals surface area contributed by atoms with Crippen molar-refractivity contribution in [2.24, 2.45) is 0 Å². The fraction of sp³-hybridized carbons (Fsp3) is 0.688. The number of nitrogens with zero attached hydrogens (tertiary/aromatic N) is 2. The van der Waals surface area contributed by atoms with Gasteiger partial charge in [0.05, 0.1) is 0 Å². The summed E-state index contributed by atoms with van der Waals surface area (Å²) in [5.41, 5.74) is 0.273. The number of aryl methyl sites for hydroxylation is 1. The Labute approximate surface area is 126 Å². The number of nitrogens with one attached hydrogen (secondary N) is 1. The third kappa shape index (κ3) is 3.71. The van der Waals surface area contributed by atoms with Crippen LogP contribution in [-0.2, 0) is 10.3 Å². The van der Waals surface area contributed by atoms with Crippen LogP contribution in [0.1, 0.15) is 70.5 Å². The van der Waals surface area contributed by atoms with E-state index >= 15 is 0 Å². The van der Waals surface area contributed by atoms with Crippen molar-refractivity contribution in [3.63, 3.8) is 0 Å². The molecule has 5 heteroatoms. The van der Waals surface area contributed by atoms with Gasteiger partial charge < -0.3 is 9.84 Å². The van der Waals surface area contributed by atoms with Crippen LogP contribution in [0.4, 0.5) is 0 Å². The molecule has 0 saturated heterocycles. The first-order valence-corrected chi connectivity index (χ1v) is 7.87. The van der Waals surface area contributed by atoms with Gasteiger partial charge >= 0.3 is 0 Å². The van der Waals surface area contributed by atoms with Gasteiger partial charge in [0.25, 0.3) is 0 Å². The highest BCUT2D eigenvalue weighted by Gasteiger charge is 2.38. The van der Waals surface area contributed by atoms with Gasteiger partial charge in [-0.1, -0.05) is 43.8 Å². The molecule has 1 aliphatic rings. The van der Waals surface area contributed by atoms with Crippen LogP contribution in [0.15, 0.2) is 16.2 Å². The molecule has 0 atom stereocenters. The van der Waals surface area contributed by atoms with Gasteiger partial charge in [-0.3, -0.25) is 4.79 Å². The van der Waals surface area contributed by atoms with Gasteiger partial charge in [0.15, 0.2) is 5.82 Å². The SMILES string of the molecule is CCC=C(C)C(=O)NC1(c2noc(C)n2)CCCCCC1. The summed E-state index contributed by atoms with van der Waals surface area (Å²) in [5.74, 6) is 1.14. The quantitative estimate of drug-likeness (QED) is 0.682. The maximum absolute atomic E-state index is 12.4. The van der Waals surface area contributed by atoms with Crippen LogP contribution in [0, 0.1) is 6.92 Å². The fourth-order valence-electron chi connectivity index (χ4n) is 2.95. The second kappa shape index (κ2) is 6.87. The Morgan fingerprint density at radius 3 is 2.52 bits per heavy atom. The lowest BCUT2D eigenvalue weighted by molar-refractivity contribution is -0.119. The number of hydrogen-bond acceptors (Lipinski definition) is 4. The van der Waals surface area contributed by atoms with Crippen molar-refractivity contribution in [1.29, 1.82) is 0 Å². The zero-order valence-electron chi connectivity index (χ0n) is 13.2. The summed E-state index contributed by atoms with van der Waals surface area (Å²) in [4.78, 5) is 16.8. The highest BCUT2D eigenvalue weighted by molar-refractivity contribution is 5.93. The Balaban J connectivity index is 2.27. The summed E-state index contributed by atoms with van der Waals surface area (Å²) in [6.45, 7) is 5.66. The summed E-state index contributed by atoms with van der Waals surface area (Å²) < 4.78 is 5.15. The number of allylic oxidation sites excluding steroid dienone is 1. The maximum atomic E-state index is 12.4. The molecule has 0 aliphatic heterocycles. The third-order valence-corrected chi connectivity index (χ3v) is 4.13. The summed E-state index contributed by atoms with van der Waals surface area (Å²) in [5, 5.41) is 7.29. The summed E-state index contributed by atoms with van der Waals surface area (Å²) in [6, 6.07) is 0. The Morgan fingerprint density at radius 2 is 2.00 bits per heavy atom. The molecule has 0 aromatic carbocycles. The lowest BCUT2D eigenvalue weighted by Crippen LogP contribution is -2.46. The van der Waals surface area contributed by atoms with E-state index in [0.717, 1.165) is 37.7 Å². The van der Waals surface area contributed by atoms with Crippen molar-refractivity contribution in [3.8, 4) is 0 Å². The average molecular weight is 291 g/mol. The summed E-state index contributed by atoms with van der Waals surface area (Å²) in [7, 11) is 0. The van der Waals surface area contributed by atoms with Gasteiger partial charge in [-0.05, 0) is 26.2 Å². The normalized spacial score (nSPS) is 19.1. The van der Waals surface area contributed by atoms with Crippen molar-refractivity contribution in [2.75, 3.05) is 0 Å². The van der Waals surface area contributed by atoms with Crippen LogP contribution < -0.4 is 5.32 Å². The number of rotatable bonds is 4. The van der Waals surface area contributed by atoms with Gasteiger partial charge in [0.1, 0.15) is 5.54 Å². The van der Waals surface area contributed by atoms with Crippen molar-refractivity contribution in [3.05, 3.63) is 23.4 Å². The highest BCUT2D eigenvalue weighted by atomic mass is 16.5. The molecule has 2 rings (SSSR count). The van der Waals surface area contributed by atoms with E-state index < -0.39 is 5.54 Å². The minimum absolute atomic E-state index is 0.0267. The molecule has 1 N–H and O–H groups in total. The molecule has 0 unspecified atom stereocenters. The summed E-state index contributed by atoms with van der Waals surface area (Å²) in [6.07, 6.45) is 9.08. The minimum Gasteiger partial charge on any atom is -0.340 e. The zero-order chi connectivity index (χ0) is 15.3. The monoisotopic (exact) mass is 291 g/mol. The molecule has 1 aromatic heterocycles. The predicted molar refractivity (Wildman–Crippen MR) is 80.6 cm³/mol. The molecule has 21 heavy (non-hydrogen) atoms. The Hall–Kier alpha value is -1.65. The number of aromatic nitrogens is 2. The molecule has 1 aliphatic carbocycles. The average Bonchev–Trinajstić information content (AvgIpc) is 2.76. The van der Waals surface area contributed by atoms with Crippen LogP contribution in [-0.4, -0.2) is 16.0 Å². The molecule has 1 fully saturated rings. The lowest BCUT2D eigenvalue weighted by Gasteiger charge is -2.30. The Morgan fingerprint density at radius 1 is 1.33 bits per heavy atom. The summed E-state index contributed by atoms with van der Waals surface area (Å²) >= 11 is 0. The first-order chi connectivity index (χ1) is 10.1. The van der Waals surface area contributed by atoms with E-state index in [4.69, 9.17) is 4.52 Å². The molecule has 116 valence electrons. The van der Waals surface area contributed by atoms with Crippen LogP contribution in [0.2, 0.25) is 0 Å². The topological polar surface area (TPSA) is 68.0 Å². The van der Waals surface area contributed by atoms with Gasteiger partial charge in [-0.15, -0.1) is 0 Å². The first kappa shape index (κ1) is 15.7. The lowest BCUT2D eigenvalue weighted by atomic mass is 9.88. The molecule has 1 amide bonds. The molecule has 0 radical (unpaired) electrons. The van der Waals surface area contributed by atoms with Crippen LogP contribution in [0.25, 0.3) is 0 Å². The van der Waals surface area contributed by atoms with E-state index in [9.17, 15) is 4.79 Å². The van der Waals surface area contributed by atoms with Gasteiger partial charge in [0, 0.05) is 12.5 Å². The first-order valence-electron chi connectivity index (χ1n) is 7.87. The standard InChI is InChI=1S/C16H25N3O2/c1-4-9-12(2)14(20)18-16(10-7-5-6-8-11-16)15-17-13(3)21-19-15/h9H,4-8,10-11H2,1-3H3,(H,18,20). The molecule has 1 saturated carbocycles. The molecule has 1 heterocycles. The third-order valence-electron chi connectivity index (χ3n) is 4.13. The number of hydrogen-bond donors (Lipinski definition) is 1.